The number of halogens is 1. The van der Waals surface area contributed by atoms with Crippen molar-refractivity contribution in [1.29, 1.82) is 0 Å². The molecular formula is C14H13BrN2O2. The maximum Gasteiger partial charge on any atom is 0.268 e. The Bertz CT molecular complexity index is 686. The highest BCUT2D eigenvalue weighted by Crippen LogP contribution is 2.27. The monoisotopic (exact) mass is 320 g/mol. The maximum absolute atomic E-state index is 12.2. The second-order valence-corrected chi connectivity index (χ2v) is 5.78. The topological polar surface area (TPSA) is 62.0 Å². The van der Waals surface area contributed by atoms with Gasteiger partial charge in [-0.15, -0.1) is 0 Å². The van der Waals surface area contributed by atoms with Crippen LogP contribution in [-0.2, 0) is 0 Å². The molecule has 3 rings (SSSR count). The number of carbonyl (C=O) groups is 2. The van der Waals surface area contributed by atoms with Gasteiger partial charge in [0.2, 0.25) is 0 Å². The fourth-order valence-electron chi connectivity index (χ4n) is 2.19. The summed E-state index contributed by atoms with van der Waals surface area (Å²) in [5, 5.41) is 3.69. The molecule has 1 amide bonds. The molecule has 0 bridgehead atoms. The minimum Gasteiger partial charge on any atom is -0.350 e. The molecule has 2 N–H and O–H groups in total. The zero-order chi connectivity index (χ0) is 13.6. The van der Waals surface area contributed by atoms with E-state index in [1.165, 1.54) is 6.92 Å². The van der Waals surface area contributed by atoms with Crippen LogP contribution in [0.4, 0.5) is 0 Å². The van der Waals surface area contributed by atoms with Crippen molar-refractivity contribution < 1.29 is 9.59 Å². The van der Waals surface area contributed by atoms with Crippen molar-refractivity contribution >= 4 is 38.5 Å². The van der Waals surface area contributed by atoms with Gasteiger partial charge >= 0.3 is 0 Å². The lowest BCUT2D eigenvalue weighted by Gasteiger charge is -2.02. The predicted octanol–water partition coefficient (Wildman–Crippen LogP) is 3.03. The number of hydrogen-bond acceptors (Lipinski definition) is 2. The Labute approximate surface area is 118 Å². The summed E-state index contributed by atoms with van der Waals surface area (Å²) in [6.45, 7) is 1.48. The zero-order valence-corrected chi connectivity index (χ0v) is 12.0. The third-order valence-corrected chi connectivity index (χ3v) is 3.75. The molecule has 0 radical (unpaired) electrons. The smallest absolute Gasteiger partial charge is 0.268 e. The second kappa shape index (κ2) is 4.49. The Hall–Kier alpha value is -1.62. The highest BCUT2D eigenvalue weighted by Gasteiger charge is 2.27. The summed E-state index contributed by atoms with van der Waals surface area (Å²) in [6.07, 6.45) is 2.04. The Morgan fingerprint density at radius 2 is 2.11 bits per heavy atom. The number of carbonyl (C=O) groups excluding carboxylic acids is 2. The number of ketones is 1. The van der Waals surface area contributed by atoms with Crippen LogP contribution in [0.3, 0.4) is 0 Å². The van der Waals surface area contributed by atoms with Crippen LogP contribution in [0, 0.1) is 0 Å². The van der Waals surface area contributed by atoms with Gasteiger partial charge in [0.25, 0.3) is 5.91 Å². The van der Waals surface area contributed by atoms with Crippen molar-refractivity contribution in [3.63, 3.8) is 0 Å². The summed E-state index contributed by atoms with van der Waals surface area (Å²) in [6, 6.07) is 5.87. The first kappa shape index (κ1) is 12.4. The molecule has 1 fully saturated rings. The van der Waals surface area contributed by atoms with Crippen molar-refractivity contribution in [3.8, 4) is 0 Å². The van der Waals surface area contributed by atoms with Crippen LogP contribution in [0.15, 0.2) is 22.7 Å². The minimum atomic E-state index is -0.194. The molecule has 0 saturated heterocycles. The van der Waals surface area contributed by atoms with E-state index in [1.807, 2.05) is 18.2 Å². The van der Waals surface area contributed by atoms with Crippen LogP contribution in [0.2, 0.25) is 0 Å². The number of hydrogen-bond donors (Lipinski definition) is 2. The van der Waals surface area contributed by atoms with Gasteiger partial charge in [-0.05, 0) is 38.0 Å². The SMILES string of the molecule is CC(=O)c1c(C(=O)NC2CC2)[nH]c2ccc(Br)cc12. The molecule has 1 aromatic heterocycles. The van der Waals surface area contributed by atoms with Crippen LogP contribution in [0.25, 0.3) is 10.9 Å². The summed E-state index contributed by atoms with van der Waals surface area (Å²) >= 11 is 3.39. The van der Waals surface area contributed by atoms with E-state index < -0.39 is 0 Å². The number of fused-ring (bicyclic) bond motifs is 1. The van der Waals surface area contributed by atoms with Crippen molar-refractivity contribution in [3.05, 3.63) is 33.9 Å². The van der Waals surface area contributed by atoms with Crippen LogP contribution < -0.4 is 5.32 Å². The third-order valence-electron chi connectivity index (χ3n) is 3.25. The number of benzene rings is 1. The molecule has 19 heavy (non-hydrogen) atoms. The van der Waals surface area contributed by atoms with E-state index in [0.717, 1.165) is 28.2 Å². The normalized spacial score (nSPS) is 14.6. The van der Waals surface area contributed by atoms with E-state index in [0.29, 0.717) is 11.3 Å². The van der Waals surface area contributed by atoms with Crippen LogP contribution in [0.1, 0.15) is 40.6 Å². The molecule has 98 valence electrons. The predicted molar refractivity (Wildman–Crippen MR) is 76.5 cm³/mol. The number of Topliss-reactive ketones (excluding diaryl/α,β-unsaturated/α-hetero) is 1. The van der Waals surface area contributed by atoms with Crippen molar-refractivity contribution in [1.82, 2.24) is 10.3 Å². The number of aromatic nitrogens is 1. The molecule has 0 aliphatic heterocycles. The van der Waals surface area contributed by atoms with Crippen LogP contribution >= 0.6 is 15.9 Å². The van der Waals surface area contributed by atoms with Crippen molar-refractivity contribution in [2.75, 3.05) is 0 Å². The van der Waals surface area contributed by atoms with Gasteiger partial charge in [0, 0.05) is 21.4 Å². The molecule has 4 nitrogen and oxygen atoms in total. The van der Waals surface area contributed by atoms with E-state index in [2.05, 4.69) is 26.2 Å². The van der Waals surface area contributed by atoms with E-state index in [-0.39, 0.29) is 17.7 Å². The van der Waals surface area contributed by atoms with Gasteiger partial charge in [0.1, 0.15) is 5.69 Å². The van der Waals surface area contributed by atoms with Gasteiger partial charge in [0.05, 0.1) is 5.56 Å². The Balaban J connectivity index is 2.14. The van der Waals surface area contributed by atoms with Crippen molar-refractivity contribution in [2.24, 2.45) is 0 Å². The van der Waals surface area contributed by atoms with Gasteiger partial charge in [-0.25, -0.2) is 0 Å². The first-order chi connectivity index (χ1) is 9.06. The van der Waals surface area contributed by atoms with Gasteiger partial charge in [-0.3, -0.25) is 9.59 Å². The lowest BCUT2D eigenvalue weighted by Crippen LogP contribution is -2.27. The highest BCUT2D eigenvalue weighted by atomic mass is 79.9. The third kappa shape index (κ3) is 2.30. The quantitative estimate of drug-likeness (QED) is 0.854. The van der Waals surface area contributed by atoms with Gasteiger partial charge in [0.15, 0.2) is 5.78 Å². The van der Waals surface area contributed by atoms with Gasteiger partial charge < -0.3 is 10.3 Å². The first-order valence-corrected chi connectivity index (χ1v) is 6.98. The Kier molecular flexibility index (Phi) is 2.93. The minimum absolute atomic E-state index is 0.106. The summed E-state index contributed by atoms with van der Waals surface area (Å²) in [4.78, 5) is 27.1. The van der Waals surface area contributed by atoms with E-state index in [4.69, 9.17) is 0 Å². The molecule has 1 aromatic carbocycles. The number of nitrogens with one attached hydrogen (secondary N) is 2. The molecule has 1 heterocycles. The first-order valence-electron chi connectivity index (χ1n) is 6.19. The molecule has 0 atom stereocenters. The molecule has 1 aliphatic carbocycles. The standard InChI is InChI=1S/C14H13BrN2O2/c1-7(18)12-10-6-8(15)2-5-11(10)17-13(12)14(19)16-9-3-4-9/h2,5-6,9,17H,3-4H2,1H3,(H,16,19). The lowest BCUT2D eigenvalue weighted by atomic mass is 10.1. The molecule has 0 spiro atoms. The highest BCUT2D eigenvalue weighted by molar-refractivity contribution is 9.10. The van der Waals surface area contributed by atoms with Gasteiger partial charge in [-0.2, -0.15) is 0 Å². The molecule has 1 aliphatic rings. The lowest BCUT2D eigenvalue weighted by molar-refractivity contribution is 0.0933. The molecule has 2 aromatic rings. The van der Waals surface area contributed by atoms with E-state index >= 15 is 0 Å². The fraction of sp³-hybridized carbons (Fsp3) is 0.286. The molecule has 1 saturated carbocycles. The summed E-state index contributed by atoms with van der Waals surface area (Å²) in [5.74, 6) is -0.301. The zero-order valence-electron chi connectivity index (χ0n) is 10.4. The van der Waals surface area contributed by atoms with Crippen LogP contribution in [0.5, 0.6) is 0 Å². The van der Waals surface area contributed by atoms with Gasteiger partial charge in [-0.1, -0.05) is 15.9 Å². The number of H-pyrrole nitrogens is 1. The summed E-state index contributed by atoms with van der Waals surface area (Å²) in [7, 11) is 0. The average molecular weight is 321 g/mol. The Morgan fingerprint density at radius 3 is 2.74 bits per heavy atom. The van der Waals surface area contributed by atoms with Crippen LogP contribution in [-0.4, -0.2) is 22.7 Å². The summed E-state index contributed by atoms with van der Waals surface area (Å²) in [5.41, 5.74) is 1.64. The maximum atomic E-state index is 12.2. The fourth-order valence-corrected chi connectivity index (χ4v) is 2.55. The summed E-state index contributed by atoms with van der Waals surface area (Å²) < 4.78 is 0.885. The molecule has 5 heteroatoms. The largest absolute Gasteiger partial charge is 0.350 e. The van der Waals surface area contributed by atoms with E-state index in [9.17, 15) is 9.59 Å². The molecular weight excluding hydrogens is 308 g/mol. The number of amides is 1. The number of rotatable bonds is 3. The van der Waals surface area contributed by atoms with E-state index in [1.54, 1.807) is 0 Å². The average Bonchev–Trinajstić information content (AvgIpc) is 3.06. The Morgan fingerprint density at radius 1 is 1.37 bits per heavy atom. The van der Waals surface area contributed by atoms with Crippen molar-refractivity contribution in [2.45, 2.75) is 25.8 Å². The number of aromatic amines is 1. The molecule has 0 unspecified atom stereocenters. The second-order valence-electron chi connectivity index (χ2n) is 4.87.